The van der Waals surface area contributed by atoms with E-state index >= 15 is 0 Å². The number of aryl methyl sites for hydroxylation is 2. The van der Waals surface area contributed by atoms with Crippen molar-refractivity contribution in [2.24, 2.45) is 5.41 Å². The lowest BCUT2D eigenvalue weighted by molar-refractivity contribution is -0.190. The van der Waals surface area contributed by atoms with E-state index in [4.69, 9.17) is 14.6 Å². The van der Waals surface area contributed by atoms with E-state index in [1.807, 2.05) is 13.8 Å². The van der Waals surface area contributed by atoms with E-state index in [9.17, 15) is 19.2 Å². The van der Waals surface area contributed by atoms with Gasteiger partial charge in [0.05, 0.1) is 5.56 Å². The number of nitrogens with zero attached hydrogens (tertiary/aromatic N) is 1. The molecule has 9 heteroatoms. The van der Waals surface area contributed by atoms with Crippen LogP contribution >= 0.6 is 0 Å². The maximum Gasteiger partial charge on any atom is 0.344 e. The number of aliphatic carboxylic acids is 1. The van der Waals surface area contributed by atoms with Crippen LogP contribution in [-0.4, -0.2) is 52.8 Å². The summed E-state index contributed by atoms with van der Waals surface area (Å²) in [6.45, 7) is 7.54. The minimum absolute atomic E-state index is 0.160. The maximum absolute atomic E-state index is 13.1. The number of benzene rings is 2. The molecule has 0 unspecified atom stereocenters. The molecule has 3 amide bonds. The molecule has 2 atom stereocenters. The molecule has 2 aromatic rings. The quantitative estimate of drug-likeness (QED) is 0.234. The molecule has 0 aromatic heterocycles. The summed E-state index contributed by atoms with van der Waals surface area (Å²) in [4.78, 5) is 50.2. The fourth-order valence-corrected chi connectivity index (χ4v) is 4.47. The Kier molecular flexibility index (Phi) is 9.50. The Hall–Kier alpha value is -3.88. The second-order valence-corrected chi connectivity index (χ2v) is 9.59. The molecule has 0 saturated carbocycles. The summed E-state index contributed by atoms with van der Waals surface area (Å²) in [5.41, 5.74) is 1.81. The smallest absolute Gasteiger partial charge is 0.344 e. The first-order valence-corrected chi connectivity index (χ1v) is 13.0. The van der Waals surface area contributed by atoms with E-state index in [0.717, 1.165) is 24.2 Å². The molecule has 2 aromatic carbocycles. The van der Waals surface area contributed by atoms with Crippen LogP contribution in [0.1, 0.15) is 67.9 Å². The Balaban J connectivity index is 1.59. The van der Waals surface area contributed by atoms with Gasteiger partial charge in [-0.25, -0.2) is 19.3 Å². The van der Waals surface area contributed by atoms with E-state index < -0.39 is 35.7 Å². The number of hydrogen-bond donors (Lipinski definition) is 2. The fourth-order valence-electron chi connectivity index (χ4n) is 4.47. The van der Waals surface area contributed by atoms with Crippen LogP contribution in [0.25, 0.3) is 0 Å². The predicted octanol–water partition coefficient (Wildman–Crippen LogP) is 4.71. The van der Waals surface area contributed by atoms with Crippen molar-refractivity contribution in [2.45, 2.75) is 72.1 Å². The molecule has 38 heavy (non-hydrogen) atoms. The number of hydrogen-bond acceptors (Lipinski definition) is 6. The van der Waals surface area contributed by atoms with Gasteiger partial charge < -0.3 is 19.9 Å². The monoisotopic (exact) mass is 524 g/mol. The topological polar surface area (TPSA) is 122 Å². The summed E-state index contributed by atoms with van der Waals surface area (Å²) in [5.74, 6) is -1.92. The zero-order valence-electron chi connectivity index (χ0n) is 22.4. The normalized spacial score (nSPS) is 16.8. The average molecular weight is 525 g/mol. The predicted molar refractivity (Wildman–Crippen MR) is 141 cm³/mol. The van der Waals surface area contributed by atoms with Crippen molar-refractivity contribution >= 4 is 23.9 Å². The van der Waals surface area contributed by atoms with Crippen molar-refractivity contribution in [3.8, 4) is 5.75 Å². The number of urea groups is 1. The molecule has 0 bridgehead atoms. The highest BCUT2D eigenvalue weighted by molar-refractivity contribution is 6.03. The molecule has 1 aliphatic rings. The molecular formula is C29H36N2O7. The van der Waals surface area contributed by atoms with Crippen LogP contribution in [-0.2, 0) is 20.7 Å². The number of carbonyl (C=O) groups is 4. The molecule has 1 fully saturated rings. The van der Waals surface area contributed by atoms with Crippen molar-refractivity contribution < 1.29 is 33.8 Å². The van der Waals surface area contributed by atoms with E-state index in [2.05, 4.69) is 36.5 Å². The number of carbonyl (C=O) groups excluding carboxylic acids is 3. The van der Waals surface area contributed by atoms with Crippen LogP contribution in [0.2, 0.25) is 0 Å². The number of amides is 3. The van der Waals surface area contributed by atoms with Crippen molar-refractivity contribution in [2.75, 3.05) is 6.54 Å². The molecule has 1 heterocycles. The third-order valence-corrected chi connectivity index (χ3v) is 7.09. The number of ether oxygens (including phenoxy) is 2. The van der Waals surface area contributed by atoms with Gasteiger partial charge in [-0.15, -0.1) is 0 Å². The molecule has 204 valence electrons. The Morgan fingerprint density at radius 3 is 2.24 bits per heavy atom. The minimum Gasteiger partial charge on any atom is -0.479 e. The van der Waals surface area contributed by atoms with E-state index in [0.29, 0.717) is 25.1 Å². The average Bonchev–Trinajstić information content (AvgIpc) is 2.90. The van der Waals surface area contributed by atoms with Crippen molar-refractivity contribution in [1.82, 2.24) is 10.2 Å². The van der Waals surface area contributed by atoms with Crippen molar-refractivity contribution in [3.63, 3.8) is 0 Å². The summed E-state index contributed by atoms with van der Waals surface area (Å²) >= 11 is 0. The first kappa shape index (κ1) is 28.7. The lowest BCUT2D eigenvalue weighted by Crippen LogP contribution is -2.73. The fraction of sp³-hybridized carbons (Fsp3) is 0.448. The Bertz CT molecular complexity index is 1140. The van der Waals surface area contributed by atoms with Gasteiger partial charge >= 0.3 is 18.0 Å². The highest BCUT2D eigenvalue weighted by Gasteiger charge is 2.62. The SMILES string of the molecule is CCC1(CC)C(=O)N(C(=O)NCCCCc2ccc(C)cc2)[C@H]1Oc1ccc(C(=O)O[C@H](C)C(=O)O)cc1. The highest BCUT2D eigenvalue weighted by atomic mass is 16.6. The second kappa shape index (κ2) is 12.6. The summed E-state index contributed by atoms with van der Waals surface area (Å²) < 4.78 is 11.0. The number of rotatable bonds is 12. The van der Waals surface area contributed by atoms with Gasteiger partial charge in [0.1, 0.15) is 11.2 Å². The first-order valence-electron chi connectivity index (χ1n) is 13.0. The third-order valence-electron chi connectivity index (χ3n) is 7.09. The van der Waals surface area contributed by atoms with Gasteiger partial charge in [0, 0.05) is 6.54 Å². The number of nitrogens with one attached hydrogen (secondary N) is 1. The maximum atomic E-state index is 13.1. The van der Waals surface area contributed by atoms with Gasteiger partial charge in [0.15, 0.2) is 12.3 Å². The second-order valence-electron chi connectivity index (χ2n) is 9.59. The van der Waals surface area contributed by atoms with Crippen LogP contribution in [0.4, 0.5) is 4.79 Å². The summed E-state index contributed by atoms with van der Waals surface area (Å²) in [6.07, 6.45) is 1.54. The third kappa shape index (κ3) is 6.33. The van der Waals surface area contributed by atoms with Crippen LogP contribution in [0, 0.1) is 12.3 Å². The standard InChI is InChI=1S/C29H36N2O7/c1-5-29(6-2)26(35)31(28(36)30-18-8-7-9-21-12-10-19(3)11-13-21)27(29)38-23-16-14-22(15-17-23)25(34)37-20(4)24(32)33/h10-17,20,27H,5-9,18H2,1-4H3,(H,30,36)(H,32,33)/t20-,27+/m1/s1. The summed E-state index contributed by atoms with van der Waals surface area (Å²) in [7, 11) is 0. The van der Waals surface area contributed by atoms with Gasteiger partial charge in [0.2, 0.25) is 5.91 Å². The molecule has 1 saturated heterocycles. The van der Waals surface area contributed by atoms with Crippen LogP contribution < -0.4 is 10.1 Å². The van der Waals surface area contributed by atoms with Crippen LogP contribution in [0.15, 0.2) is 48.5 Å². The Morgan fingerprint density at radius 2 is 1.66 bits per heavy atom. The summed E-state index contributed by atoms with van der Waals surface area (Å²) in [5, 5.41) is 11.8. The zero-order chi connectivity index (χ0) is 27.9. The molecule has 0 aliphatic carbocycles. The van der Waals surface area contributed by atoms with E-state index in [-0.39, 0.29) is 11.5 Å². The van der Waals surface area contributed by atoms with E-state index in [1.165, 1.54) is 42.3 Å². The molecule has 3 rings (SSSR count). The van der Waals surface area contributed by atoms with Gasteiger partial charge in [0.25, 0.3) is 0 Å². The molecule has 2 N–H and O–H groups in total. The number of likely N-dealkylation sites (tertiary alicyclic amines) is 1. The zero-order valence-corrected chi connectivity index (χ0v) is 22.4. The van der Waals surface area contributed by atoms with Crippen molar-refractivity contribution in [1.29, 1.82) is 0 Å². The largest absolute Gasteiger partial charge is 0.479 e. The highest BCUT2D eigenvalue weighted by Crippen LogP contribution is 2.46. The molecule has 9 nitrogen and oxygen atoms in total. The van der Waals surface area contributed by atoms with Crippen LogP contribution in [0.5, 0.6) is 5.75 Å². The van der Waals surface area contributed by atoms with E-state index in [1.54, 1.807) is 0 Å². The lowest BCUT2D eigenvalue weighted by Gasteiger charge is -2.53. The Morgan fingerprint density at radius 1 is 1.03 bits per heavy atom. The van der Waals surface area contributed by atoms with Gasteiger partial charge in [-0.05, 0) is 75.8 Å². The van der Waals surface area contributed by atoms with Gasteiger partial charge in [-0.2, -0.15) is 0 Å². The van der Waals surface area contributed by atoms with Gasteiger partial charge in [-0.1, -0.05) is 43.7 Å². The minimum atomic E-state index is -1.27. The number of esters is 1. The number of carboxylic acids is 1. The molecule has 1 aliphatic heterocycles. The number of carboxylic acid groups (broad SMARTS) is 1. The summed E-state index contributed by atoms with van der Waals surface area (Å²) in [6, 6.07) is 13.8. The lowest BCUT2D eigenvalue weighted by atomic mass is 9.72. The number of unbranched alkanes of at least 4 members (excludes halogenated alkanes) is 1. The number of imide groups is 1. The molecular weight excluding hydrogens is 488 g/mol. The number of β-lactam (4-membered cyclic amide) rings is 1. The van der Waals surface area contributed by atoms with Crippen molar-refractivity contribution in [3.05, 3.63) is 65.2 Å². The Labute approximate surface area is 223 Å². The molecule has 0 spiro atoms. The van der Waals surface area contributed by atoms with Gasteiger partial charge in [-0.3, -0.25) is 4.79 Å². The first-order chi connectivity index (χ1) is 18.1. The van der Waals surface area contributed by atoms with Crippen LogP contribution in [0.3, 0.4) is 0 Å². The molecule has 0 radical (unpaired) electrons.